The van der Waals surface area contributed by atoms with Gasteiger partial charge in [0.15, 0.2) is 0 Å². The largest absolute Gasteiger partial charge is 0.396 e. The van der Waals surface area contributed by atoms with Gasteiger partial charge in [-0.1, -0.05) is 0 Å². The molecule has 1 saturated heterocycles. The van der Waals surface area contributed by atoms with Gasteiger partial charge in [-0.3, -0.25) is 0 Å². The lowest BCUT2D eigenvalue weighted by atomic mass is 9.98. The highest BCUT2D eigenvalue weighted by atomic mass is 16.5. The van der Waals surface area contributed by atoms with E-state index in [4.69, 9.17) is 9.84 Å². The van der Waals surface area contributed by atoms with Crippen LogP contribution in [0, 0.1) is 0 Å². The third-order valence-corrected chi connectivity index (χ3v) is 2.49. The smallest absolute Gasteiger partial charge is 0.0619 e. The molecule has 1 rings (SSSR count). The van der Waals surface area contributed by atoms with E-state index in [0.717, 1.165) is 26.1 Å². The number of aliphatic hydroxyl groups excluding tert-OH is 1. The number of nitrogens with one attached hydrogen (secondary N) is 1. The molecule has 0 radical (unpaired) electrons. The van der Waals surface area contributed by atoms with Crippen molar-refractivity contribution in [2.45, 2.75) is 44.7 Å². The van der Waals surface area contributed by atoms with Crippen LogP contribution in [-0.4, -0.2) is 36.5 Å². The highest BCUT2D eigenvalue weighted by molar-refractivity contribution is 4.83. The predicted octanol–water partition coefficient (Wildman–Crippen LogP) is 0.916. The number of ether oxygens (including phenoxy) is 1. The van der Waals surface area contributed by atoms with E-state index in [9.17, 15) is 0 Å². The van der Waals surface area contributed by atoms with E-state index >= 15 is 0 Å². The molecule has 1 aliphatic rings. The Balaban J connectivity index is 2.28. The van der Waals surface area contributed by atoms with Gasteiger partial charge in [-0.25, -0.2) is 0 Å². The SMILES string of the molecule is CC(C)(CCO)NC1CCCOC1. The summed E-state index contributed by atoms with van der Waals surface area (Å²) in [5.41, 5.74) is 0.0279. The third kappa shape index (κ3) is 4.07. The fourth-order valence-corrected chi connectivity index (χ4v) is 1.76. The zero-order chi connectivity index (χ0) is 9.73. The van der Waals surface area contributed by atoms with Crippen molar-refractivity contribution in [1.29, 1.82) is 0 Å². The van der Waals surface area contributed by atoms with Gasteiger partial charge in [0.05, 0.1) is 6.61 Å². The zero-order valence-electron chi connectivity index (χ0n) is 8.68. The molecule has 0 amide bonds. The van der Waals surface area contributed by atoms with Gasteiger partial charge < -0.3 is 15.2 Å². The molecule has 0 aromatic carbocycles. The average Bonchev–Trinajstić information content (AvgIpc) is 2.04. The van der Waals surface area contributed by atoms with Gasteiger partial charge in [-0.2, -0.15) is 0 Å². The third-order valence-electron chi connectivity index (χ3n) is 2.49. The molecule has 78 valence electrons. The minimum Gasteiger partial charge on any atom is -0.396 e. The van der Waals surface area contributed by atoms with E-state index in [1.54, 1.807) is 0 Å². The lowest BCUT2D eigenvalue weighted by Crippen LogP contribution is -2.49. The topological polar surface area (TPSA) is 41.5 Å². The summed E-state index contributed by atoms with van der Waals surface area (Å²) in [7, 11) is 0. The quantitative estimate of drug-likeness (QED) is 0.687. The van der Waals surface area contributed by atoms with Crippen LogP contribution in [0.2, 0.25) is 0 Å². The normalized spacial score (nSPS) is 24.7. The molecule has 1 unspecified atom stereocenters. The summed E-state index contributed by atoms with van der Waals surface area (Å²) in [6.07, 6.45) is 3.13. The summed E-state index contributed by atoms with van der Waals surface area (Å²) in [5, 5.41) is 12.4. The minimum atomic E-state index is 0.0279. The van der Waals surface area contributed by atoms with Gasteiger partial charge in [-0.15, -0.1) is 0 Å². The Morgan fingerprint density at radius 2 is 2.31 bits per heavy atom. The van der Waals surface area contributed by atoms with Gasteiger partial charge in [0.1, 0.15) is 0 Å². The molecule has 3 nitrogen and oxygen atoms in total. The predicted molar refractivity (Wildman–Crippen MR) is 52.8 cm³/mol. The van der Waals surface area contributed by atoms with Crippen molar-refractivity contribution in [3.8, 4) is 0 Å². The van der Waals surface area contributed by atoms with Crippen molar-refractivity contribution in [2.24, 2.45) is 0 Å². The molecule has 0 aliphatic carbocycles. The van der Waals surface area contributed by atoms with Crippen molar-refractivity contribution in [2.75, 3.05) is 19.8 Å². The van der Waals surface area contributed by atoms with Gasteiger partial charge in [0.25, 0.3) is 0 Å². The van der Waals surface area contributed by atoms with Crippen molar-refractivity contribution < 1.29 is 9.84 Å². The Kier molecular flexibility index (Phi) is 4.16. The molecule has 1 fully saturated rings. The van der Waals surface area contributed by atoms with Crippen LogP contribution in [0.1, 0.15) is 33.1 Å². The summed E-state index contributed by atoms with van der Waals surface area (Å²) in [6.45, 7) is 6.21. The highest BCUT2D eigenvalue weighted by Gasteiger charge is 2.23. The average molecular weight is 187 g/mol. The molecule has 13 heavy (non-hydrogen) atoms. The minimum absolute atomic E-state index is 0.0279. The number of hydrogen-bond acceptors (Lipinski definition) is 3. The molecule has 0 aromatic rings. The van der Waals surface area contributed by atoms with Crippen molar-refractivity contribution >= 4 is 0 Å². The summed E-state index contributed by atoms with van der Waals surface area (Å²) in [5.74, 6) is 0. The van der Waals surface area contributed by atoms with Crippen molar-refractivity contribution in [3.63, 3.8) is 0 Å². The molecule has 0 spiro atoms. The van der Waals surface area contributed by atoms with Crippen LogP contribution < -0.4 is 5.32 Å². The monoisotopic (exact) mass is 187 g/mol. The lowest BCUT2D eigenvalue weighted by molar-refractivity contribution is 0.0575. The Bertz CT molecular complexity index is 142. The first-order valence-corrected chi connectivity index (χ1v) is 5.10. The fourth-order valence-electron chi connectivity index (χ4n) is 1.76. The molecule has 3 heteroatoms. The summed E-state index contributed by atoms with van der Waals surface area (Å²) in [6, 6.07) is 0.468. The van der Waals surface area contributed by atoms with E-state index in [0.29, 0.717) is 6.04 Å². The first-order valence-electron chi connectivity index (χ1n) is 5.10. The molecule has 0 aromatic heterocycles. The van der Waals surface area contributed by atoms with Crippen molar-refractivity contribution in [3.05, 3.63) is 0 Å². The van der Waals surface area contributed by atoms with Crippen LogP contribution in [0.5, 0.6) is 0 Å². The maximum Gasteiger partial charge on any atom is 0.0619 e. The lowest BCUT2D eigenvalue weighted by Gasteiger charge is -2.33. The van der Waals surface area contributed by atoms with E-state index in [1.807, 2.05) is 0 Å². The van der Waals surface area contributed by atoms with E-state index in [-0.39, 0.29) is 12.1 Å². The van der Waals surface area contributed by atoms with Crippen LogP contribution in [0.4, 0.5) is 0 Å². The number of rotatable bonds is 4. The molecule has 0 saturated carbocycles. The van der Waals surface area contributed by atoms with Gasteiger partial charge >= 0.3 is 0 Å². The van der Waals surface area contributed by atoms with Crippen LogP contribution in [0.3, 0.4) is 0 Å². The van der Waals surface area contributed by atoms with Crippen LogP contribution in [0.15, 0.2) is 0 Å². The second-order valence-corrected chi connectivity index (χ2v) is 4.42. The number of aliphatic hydroxyl groups is 1. The maximum atomic E-state index is 8.86. The Morgan fingerprint density at radius 1 is 1.54 bits per heavy atom. The van der Waals surface area contributed by atoms with E-state index in [2.05, 4.69) is 19.2 Å². The summed E-state index contributed by atoms with van der Waals surface area (Å²) >= 11 is 0. The maximum absolute atomic E-state index is 8.86. The highest BCUT2D eigenvalue weighted by Crippen LogP contribution is 2.13. The van der Waals surface area contributed by atoms with Gasteiger partial charge in [0.2, 0.25) is 0 Å². The van der Waals surface area contributed by atoms with Crippen LogP contribution in [0.25, 0.3) is 0 Å². The number of hydrogen-bond donors (Lipinski definition) is 2. The molecule has 0 bridgehead atoms. The van der Waals surface area contributed by atoms with E-state index in [1.165, 1.54) is 6.42 Å². The summed E-state index contributed by atoms with van der Waals surface area (Å²) < 4.78 is 5.38. The first kappa shape index (κ1) is 11.0. The molecular formula is C10H21NO2. The Labute approximate surface area is 80.5 Å². The first-order chi connectivity index (χ1) is 6.14. The molecule has 2 N–H and O–H groups in total. The molecule has 1 heterocycles. The second-order valence-electron chi connectivity index (χ2n) is 4.42. The fraction of sp³-hybridized carbons (Fsp3) is 1.00. The molecular weight excluding hydrogens is 166 g/mol. The van der Waals surface area contributed by atoms with Crippen LogP contribution in [-0.2, 0) is 4.74 Å². The van der Waals surface area contributed by atoms with E-state index < -0.39 is 0 Å². The second kappa shape index (κ2) is 4.94. The summed E-state index contributed by atoms with van der Waals surface area (Å²) in [4.78, 5) is 0. The van der Waals surface area contributed by atoms with Gasteiger partial charge in [-0.05, 0) is 33.1 Å². The van der Waals surface area contributed by atoms with Crippen molar-refractivity contribution in [1.82, 2.24) is 5.32 Å². The Hall–Kier alpha value is -0.120. The standard InChI is InChI=1S/C10H21NO2/c1-10(2,5-6-12)11-9-4-3-7-13-8-9/h9,11-12H,3-8H2,1-2H3. The van der Waals surface area contributed by atoms with Gasteiger partial charge in [0, 0.05) is 24.8 Å². The van der Waals surface area contributed by atoms with Crippen LogP contribution >= 0.6 is 0 Å². The molecule has 1 aliphatic heterocycles. The Morgan fingerprint density at radius 3 is 2.85 bits per heavy atom. The molecule has 1 atom stereocenters. The zero-order valence-corrected chi connectivity index (χ0v) is 8.68.